The van der Waals surface area contributed by atoms with E-state index >= 15 is 0 Å². The second kappa shape index (κ2) is 6.95. The van der Waals surface area contributed by atoms with E-state index in [1.807, 2.05) is 59.0 Å². The molecule has 0 bridgehead atoms. The van der Waals surface area contributed by atoms with Crippen LogP contribution in [0.15, 0.2) is 55.1 Å². The fraction of sp³-hybridized carbons (Fsp3) is 0.263. The number of amides is 1. The Labute approximate surface area is 151 Å². The Morgan fingerprint density at radius 1 is 1.00 bits per heavy atom. The molecule has 0 saturated carbocycles. The molecule has 1 fully saturated rings. The fourth-order valence-corrected chi connectivity index (χ4v) is 3.12. The van der Waals surface area contributed by atoms with Crippen LogP contribution >= 0.6 is 0 Å². The van der Waals surface area contributed by atoms with Crippen LogP contribution in [0.1, 0.15) is 15.9 Å². The highest BCUT2D eigenvalue weighted by Gasteiger charge is 2.23. The summed E-state index contributed by atoms with van der Waals surface area (Å²) in [6.45, 7) is 4.85. The van der Waals surface area contributed by atoms with E-state index in [1.165, 1.54) is 0 Å². The highest BCUT2D eigenvalue weighted by Crippen LogP contribution is 2.16. The zero-order valence-corrected chi connectivity index (χ0v) is 14.6. The number of aryl methyl sites for hydroxylation is 1. The third-order valence-corrected chi connectivity index (χ3v) is 4.56. The lowest BCUT2D eigenvalue weighted by Crippen LogP contribution is -2.49. The number of aromatic nitrogens is 4. The maximum Gasteiger partial charge on any atom is 0.253 e. The molecule has 7 heteroatoms. The van der Waals surface area contributed by atoms with Crippen LogP contribution in [0.4, 0.5) is 5.82 Å². The predicted molar refractivity (Wildman–Crippen MR) is 98.4 cm³/mol. The molecule has 26 heavy (non-hydrogen) atoms. The van der Waals surface area contributed by atoms with E-state index in [9.17, 15) is 4.79 Å². The third-order valence-electron chi connectivity index (χ3n) is 4.56. The van der Waals surface area contributed by atoms with Crippen molar-refractivity contribution in [3.8, 4) is 5.82 Å². The van der Waals surface area contributed by atoms with Crippen LogP contribution in [0.5, 0.6) is 0 Å². The SMILES string of the molecule is Cc1cccc(C(=O)N2CCN(c3ccc(-n4ccnc4)nn3)CC2)c1. The van der Waals surface area contributed by atoms with Crippen molar-refractivity contribution in [2.75, 3.05) is 31.1 Å². The van der Waals surface area contributed by atoms with Crippen molar-refractivity contribution in [2.24, 2.45) is 0 Å². The number of imidazole rings is 1. The molecule has 0 unspecified atom stereocenters. The summed E-state index contributed by atoms with van der Waals surface area (Å²) in [7, 11) is 0. The average molecular weight is 348 g/mol. The summed E-state index contributed by atoms with van der Waals surface area (Å²) in [4.78, 5) is 20.7. The Balaban J connectivity index is 1.39. The lowest BCUT2D eigenvalue weighted by molar-refractivity contribution is 0.0746. The van der Waals surface area contributed by atoms with Gasteiger partial charge in [-0.3, -0.25) is 9.36 Å². The van der Waals surface area contributed by atoms with E-state index in [-0.39, 0.29) is 5.91 Å². The summed E-state index contributed by atoms with van der Waals surface area (Å²) in [5.41, 5.74) is 1.85. The van der Waals surface area contributed by atoms with Gasteiger partial charge in [0.25, 0.3) is 5.91 Å². The lowest BCUT2D eigenvalue weighted by Gasteiger charge is -2.35. The Hall–Kier alpha value is -3.22. The summed E-state index contributed by atoms with van der Waals surface area (Å²) in [6.07, 6.45) is 5.23. The Morgan fingerprint density at radius 2 is 1.77 bits per heavy atom. The maximum absolute atomic E-state index is 12.6. The molecule has 3 aromatic rings. The highest BCUT2D eigenvalue weighted by molar-refractivity contribution is 5.94. The van der Waals surface area contributed by atoms with Crippen LogP contribution in [0, 0.1) is 6.92 Å². The molecular weight excluding hydrogens is 328 g/mol. The van der Waals surface area contributed by atoms with Crippen molar-refractivity contribution in [2.45, 2.75) is 6.92 Å². The number of hydrogen-bond donors (Lipinski definition) is 0. The topological polar surface area (TPSA) is 67.2 Å². The summed E-state index contributed by atoms with van der Waals surface area (Å²) in [5.74, 6) is 1.66. The first kappa shape index (κ1) is 16.3. The van der Waals surface area contributed by atoms with Gasteiger partial charge in [0.15, 0.2) is 11.6 Å². The quantitative estimate of drug-likeness (QED) is 0.724. The van der Waals surface area contributed by atoms with E-state index in [0.29, 0.717) is 13.1 Å². The minimum absolute atomic E-state index is 0.0925. The van der Waals surface area contributed by atoms with Crippen LogP contribution in [-0.4, -0.2) is 56.7 Å². The zero-order valence-electron chi connectivity index (χ0n) is 14.6. The van der Waals surface area contributed by atoms with Gasteiger partial charge in [0.2, 0.25) is 0 Å². The molecule has 1 amide bonds. The first-order valence-electron chi connectivity index (χ1n) is 8.64. The fourth-order valence-electron chi connectivity index (χ4n) is 3.12. The molecule has 0 N–H and O–H groups in total. The molecule has 1 aliphatic heterocycles. The molecule has 132 valence electrons. The van der Waals surface area contributed by atoms with Crippen molar-refractivity contribution < 1.29 is 4.79 Å². The Morgan fingerprint density at radius 3 is 2.42 bits per heavy atom. The first-order valence-corrected chi connectivity index (χ1v) is 8.64. The monoisotopic (exact) mass is 348 g/mol. The standard InChI is InChI=1S/C19H20N6O/c1-15-3-2-4-16(13-15)19(26)24-11-9-23(10-12-24)17-5-6-18(22-21-17)25-8-7-20-14-25/h2-8,13-14H,9-12H2,1H3. The molecule has 0 spiro atoms. The molecule has 0 aliphatic carbocycles. The smallest absolute Gasteiger partial charge is 0.253 e. The van der Waals surface area contributed by atoms with Crippen molar-refractivity contribution in [3.63, 3.8) is 0 Å². The van der Waals surface area contributed by atoms with Gasteiger partial charge < -0.3 is 9.80 Å². The molecule has 4 rings (SSSR count). The summed E-state index contributed by atoms with van der Waals surface area (Å²) >= 11 is 0. The van der Waals surface area contributed by atoms with Gasteiger partial charge in [-0.2, -0.15) is 0 Å². The van der Waals surface area contributed by atoms with Gasteiger partial charge in [-0.1, -0.05) is 17.7 Å². The van der Waals surface area contributed by atoms with E-state index in [2.05, 4.69) is 20.1 Å². The van der Waals surface area contributed by atoms with Gasteiger partial charge in [0.1, 0.15) is 6.33 Å². The predicted octanol–water partition coefficient (Wildman–Crippen LogP) is 1.93. The lowest BCUT2D eigenvalue weighted by atomic mass is 10.1. The van der Waals surface area contributed by atoms with Gasteiger partial charge >= 0.3 is 0 Å². The molecule has 1 aliphatic rings. The van der Waals surface area contributed by atoms with Gasteiger partial charge in [0, 0.05) is 44.1 Å². The summed E-state index contributed by atoms with van der Waals surface area (Å²) in [6, 6.07) is 11.6. The second-order valence-electron chi connectivity index (χ2n) is 6.37. The average Bonchev–Trinajstić information content (AvgIpc) is 3.23. The molecular formula is C19H20N6O. The highest BCUT2D eigenvalue weighted by atomic mass is 16.2. The normalized spacial score (nSPS) is 14.5. The largest absolute Gasteiger partial charge is 0.352 e. The molecule has 2 aromatic heterocycles. The van der Waals surface area contributed by atoms with E-state index in [0.717, 1.165) is 35.9 Å². The van der Waals surface area contributed by atoms with E-state index in [1.54, 1.807) is 12.5 Å². The maximum atomic E-state index is 12.6. The number of nitrogens with zero attached hydrogens (tertiary/aromatic N) is 6. The molecule has 7 nitrogen and oxygen atoms in total. The van der Waals surface area contributed by atoms with Crippen molar-refractivity contribution in [1.82, 2.24) is 24.6 Å². The van der Waals surface area contributed by atoms with E-state index in [4.69, 9.17) is 0 Å². The van der Waals surface area contributed by atoms with Gasteiger partial charge in [-0.05, 0) is 31.2 Å². The third kappa shape index (κ3) is 3.28. The minimum Gasteiger partial charge on any atom is -0.352 e. The van der Waals surface area contributed by atoms with Crippen molar-refractivity contribution in [3.05, 3.63) is 66.2 Å². The van der Waals surface area contributed by atoms with Gasteiger partial charge in [-0.15, -0.1) is 10.2 Å². The molecule has 0 radical (unpaired) electrons. The molecule has 0 atom stereocenters. The van der Waals surface area contributed by atoms with E-state index < -0.39 is 0 Å². The molecule has 3 heterocycles. The van der Waals surface area contributed by atoms with Crippen LogP contribution in [0.2, 0.25) is 0 Å². The Bertz CT molecular complexity index is 883. The first-order chi connectivity index (χ1) is 12.7. The number of piperazine rings is 1. The van der Waals surface area contributed by atoms with Crippen molar-refractivity contribution in [1.29, 1.82) is 0 Å². The number of hydrogen-bond acceptors (Lipinski definition) is 5. The number of carbonyl (C=O) groups excluding carboxylic acids is 1. The zero-order chi connectivity index (χ0) is 17.9. The second-order valence-corrected chi connectivity index (χ2v) is 6.37. The number of rotatable bonds is 3. The number of benzene rings is 1. The molecule has 1 aromatic carbocycles. The minimum atomic E-state index is 0.0925. The summed E-state index contributed by atoms with van der Waals surface area (Å²) < 4.78 is 1.81. The van der Waals surface area contributed by atoms with Crippen LogP contribution < -0.4 is 4.90 Å². The van der Waals surface area contributed by atoms with Crippen LogP contribution in [-0.2, 0) is 0 Å². The number of carbonyl (C=O) groups is 1. The van der Waals surface area contributed by atoms with Crippen LogP contribution in [0.25, 0.3) is 5.82 Å². The van der Waals surface area contributed by atoms with Gasteiger partial charge in [0.05, 0.1) is 0 Å². The Kier molecular flexibility index (Phi) is 4.35. The van der Waals surface area contributed by atoms with Gasteiger partial charge in [-0.25, -0.2) is 4.98 Å². The molecule has 1 saturated heterocycles. The summed E-state index contributed by atoms with van der Waals surface area (Å²) in [5, 5.41) is 8.58. The van der Waals surface area contributed by atoms with Crippen molar-refractivity contribution >= 4 is 11.7 Å². The van der Waals surface area contributed by atoms with Crippen LogP contribution in [0.3, 0.4) is 0 Å². The number of anilines is 1.